The van der Waals surface area contributed by atoms with Gasteiger partial charge >= 0.3 is 0 Å². The van der Waals surface area contributed by atoms with E-state index in [1.54, 1.807) is 0 Å². The number of hydrogen-bond donors (Lipinski definition) is 3. The Bertz CT molecular complexity index is 414. The second-order valence-electron chi connectivity index (χ2n) is 5.52. The van der Waals surface area contributed by atoms with Crippen LogP contribution in [0.15, 0.2) is 24.3 Å². The molecule has 4 nitrogen and oxygen atoms in total. The van der Waals surface area contributed by atoms with E-state index in [0.29, 0.717) is 13.1 Å². The number of nitrogens with two attached hydrogens (primary N) is 1. The van der Waals surface area contributed by atoms with Gasteiger partial charge in [0.2, 0.25) is 0 Å². The molecule has 2 rings (SSSR count). The van der Waals surface area contributed by atoms with Crippen LogP contribution >= 0.6 is 0 Å². The molecular formula is C15H24N2O2. The molecule has 1 aromatic rings. The summed E-state index contributed by atoms with van der Waals surface area (Å²) >= 11 is 0. The second kappa shape index (κ2) is 6.01. The van der Waals surface area contributed by atoms with Crippen LogP contribution in [0.2, 0.25) is 0 Å². The maximum absolute atomic E-state index is 9.74. The lowest BCUT2D eigenvalue weighted by molar-refractivity contribution is 0.0572. The van der Waals surface area contributed by atoms with Crippen molar-refractivity contribution in [3.63, 3.8) is 0 Å². The van der Waals surface area contributed by atoms with Gasteiger partial charge < -0.3 is 15.9 Å². The normalized spacial score (nSPS) is 27.4. The minimum absolute atomic E-state index is 0.000648. The molecule has 0 spiro atoms. The van der Waals surface area contributed by atoms with E-state index in [-0.39, 0.29) is 12.1 Å². The first-order chi connectivity index (χ1) is 9.02. The van der Waals surface area contributed by atoms with E-state index >= 15 is 0 Å². The van der Waals surface area contributed by atoms with Crippen molar-refractivity contribution < 1.29 is 10.2 Å². The zero-order chi connectivity index (χ0) is 14.0. The molecule has 1 aliphatic heterocycles. The van der Waals surface area contributed by atoms with Gasteiger partial charge in [0.15, 0.2) is 0 Å². The molecule has 1 saturated heterocycles. The Morgan fingerprint density at radius 3 is 2.47 bits per heavy atom. The van der Waals surface area contributed by atoms with Crippen LogP contribution in [0.4, 0.5) is 0 Å². The number of rotatable bonds is 4. The van der Waals surface area contributed by atoms with E-state index in [4.69, 9.17) is 5.73 Å². The third-order valence-electron chi connectivity index (χ3n) is 3.94. The van der Waals surface area contributed by atoms with Crippen LogP contribution in [0.25, 0.3) is 0 Å². The fourth-order valence-electron chi connectivity index (χ4n) is 2.83. The maximum Gasteiger partial charge on any atom is 0.0938 e. The number of β-amino-alcohol motifs (C(OH)–C–C–N with tert-alkyl or cyclic N) is 2. The summed E-state index contributed by atoms with van der Waals surface area (Å²) in [6, 6.07) is 8.35. The van der Waals surface area contributed by atoms with E-state index in [0.717, 1.165) is 12.0 Å². The van der Waals surface area contributed by atoms with Crippen molar-refractivity contribution in [3.05, 3.63) is 35.4 Å². The molecule has 0 aliphatic carbocycles. The third kappa shape index (κ3) is 3.15. The first-order valence-corrected chi connectivity index (χ1v) is 6.95. The first-order valence-electron chi connectivity index (χ1n) is 6.95. The molecule has 4 unspecified atom stereocenters. The Labute approximate surface area is 114 Å². The largest absolute Gasteiger partial charge is 0.389 e. The van der Waals surface area contributed by atoms with Crippen molar-refractivity contribution in [1.82, 2.24) is 4.90 Å². The van der Waals surface area contributed by atoms with E-state index in [9.17, 15) is 10.2 Å². The fourth-order valence-corrected chi connectivity index (χ4v) is 2.83. The predicted octanol–water partition coefficient (Wildman–Crippen LogP) is 0.811. The van der Waals surface area contributed by atoms with Gasteiger partial charge in [0.05, 0.1) is 18.2 Å². The topological polar surface area (TPSA) is 69.7 Å². The third-order valence-corrected chi connectivity index (χ3v) is 3.94. The van der Waals surface area contributed by atoms with Crippen LogP contribution in [0.5, 0.6) is 0 Å². The smallest absolute Gasteiger partial charge is 0.0938 e. The molecule has 1 aliphatic rings. The summed E-state index contributed by atoms with van der Waals surface area (Å²) in [6.45, 7) is 5.09. The van der Waals surface area contributed by atoms with Gasteiger partial charge in [0, 0.05) is 19.1 Å². The molecule has 0 amide bonds. The lowest BCUT2D eigenvalue weighted by atomic mass is 9.95. The molecule has 19 heavy (non-hydrogen) atoms. The van der Waals surface area contributed by atoms with Crippen LogP contribution in [-0.2, 0) is 0 Å². The molecule has 1 aromatic carbocycles. The van der Waals surface area contributed by atoms with E-state index in [1.165, 1.54) is 5.56 Å². The van der Waals surface area contributed by atoms with Crippen molar-refractivity contribution in [2.24, 2.45) is 5.73 Å². The number of nitrogens with zero attached hydrogens (tertiary/aromatic N) is 1. The van der Waals surface area contributed by atoms with Crippen LogP contribution in [0.3, 0.4) is 0 Å². The standard InChI is InChI=1S/C15H24N2O2/c1-3-12(16)15(11-6-4-5-10(2)7-11)17-8-13(18)14(19)9-17/h4-7,12-15,18-19H,3,8-9,16H2,1-2H3. The summed E-state index contributed by atoms with van der Waals surface area (Å²) in [4.78, 5) is 2.10. The molecular weight excluding hydrogens is 240 g/mol. The average Bonchev–Trinajstić information content (AvgIpc) is 2.69. The summed E-state index contributed by atoms with van der Waals surface area (Å²) in [5.74, 6) is 0. The number of aliphatic hydroxyl groups excluding tert-OH is 2. The van der Waals surface area contributed by atoms with Crippen LogP contribution < -0.4 is 5.73 Å². The van der Waals surface area contributed by atoms with Crippen molar-refractivity contribution in [3.8, 4) is 0 Å². The Morgan fingerprint density at radius 2 is 1.95 bits per heavy atom. The molecule has 106 valence electrons. The number of aryl methyl sites for hydroxylation is 1. The zero-order valence-electron chi connectivity index (χ0n) is 11.7. The average molecular weight is 264 g/mol. The summed E-state index contributed by atoms with van der Waals surface area (Å²) in [6.07, 6.45) is -0.478. The second-order valence-corrected chi connectivity index (χ2v) is 5.52. The van der Waals surface area contributed by atoms with Crippen molar-refractivity contribution in [1.29, 1.82) is 0 Å². The summed E-state index contributed by atoms with van der Waals surface area (Å²) in [5.41, 5.74) is 8.63. The van der Waals surface area contributed by atoms with Crippen LogP contribution in [-0.4, -0.2) is 46.5 Å². The van der Waals surface area contributed by atoms with Crippen molar-refractivity contribution in [2.75, 3.05) is 13.1 Å². The SMILES string of the molecule is CCC(N)C(c1cccc(C)c1)N1CC(O)C(O)C1. The monoisotopic (exact) mass is 264 g/mol. The molecule has 0 radical (unpaired) electrons. The lowest BCUT2D eigenvalue weighted by Crippen LogP contribution is -2.40. The Balaban J connectivity index is 2.26. The minimum atomic E-state index is -0.670. The molecule has 0 aromatic heterocycles. The van der Waals surface area contributed by atoms with E-state index in [1.807, 2.05) is 6.07 Å². The van der Waals surface area contributed by atoms with Gasteiger partial charge in [-0.15, -0.1) is 0 Å². The fraction of sp³-hybridized carbons (Fsp3) is 0.600. The van der Waals surface area contributed by atoms with Crippen molar-refractivity contribution in [2.45, 2.75) is 44.6 Å². The number of likely N-dealkylation sites (tertiary alicyclic amines) is 1. The summed E-state index contributed by atoms with van der Waals surface area (Å²) < 4.78 is 0. The number of hydrogen-bond acceptors (Lipinski definition) is 4. The molecule has 4 atom stereocenters. The molecule has 4 heteroatoms. The van der Waals surface area contributed by atoms with E-state index in [2.05, 4.69) is 36.9 Å². The highest BCUT2D eigenvalue weighted by Crippen LogP contribution is 2.29. The first kappa shape index (κ1) is 14.5. The highest BCUT2D eigenvalue weighted by molar-refractivity contribution is 5.26. The summed E-state index contributed by atoms with van der Waals surface area (Å²) in [7, 11) is 0. The van der Waals surface area contributed by atoms with Gasteiger partial charge in [0.25, 0.3) is 0 Å². The van der Waals surface area contributed by atoms with Gasteiger partial charge in [-0.3, -0.25) is 4.90 Å². The molecule has 1 fully saturated rings. The van der Waals surface area contributed by atoms with E-state index < -0.39 is 12.2 Å². The van der Waals surface area contributed by atoms with Gasteiger partial charge in [-0.2, -0.15) is 0 Å². The van der Waals surface area contributed by atoms with Crippen LogP contribution in [0.1, 0.15) is 30.5 Å². The highest BCUT2D eigenvalue weighted by atomic mass is 16.3. The van der Waals surface area contributed by atoms with Gasteiger partial charge in [0.1, 0.15) is 0 Å². The lowest BCUT2D eigenvalue weighted by Gasteiger charge is -2.32. The van der Waals surface area contributed by atoms with Crippen molar-refractivity contribution >= 4 is 0 Å². The maximum atomic E-state index is 9.74. The molecule has 0 saturated carbocycles. The Kier molecular flexibility index (Phi) is 4.58. The quantitative estimate of drug-likeness (QED) is 0.753. The van der Waals surface area contributed by atoms with Gasteiger partial charge in [-0.25, -0.2) is 0 Å². The van der Waals surface area contributed by atoms with Gasteiger partial charge in [-0.05, 0) is 18.9 Å². The predicted molar refractivity (Wildman–Crippen MR) is 75.8 cm³/mol. The van der Waals surface area contributed by atoms with Gasteiger partial charge in [-0.1, -0.05) is 36.8 Å². The van der Waals surface area contributed by atoms with Crippen LogP contribution in [0, 0.1) is 6.92 Å². The summed E-state index contributed by atoms with van der Waals surface area (Å²) in [5, 5.41) is 19.5. The number of aliphatic hydroxyl groups is 2. The molecule has 1 heterocycles. The highest BCUT2D eigenvalue weighted by Gasteiger charge is 2.36. The molecule has 4 N–H and O–H groups in total. The zero-order valence-corrected chi connectivity index (χ0v) is 11.7. The Morgan fingerprint density at radius 1 is 1.32 bits per heavy atom. The minimum Gasteiger partial charge on any atom is -0.389 e. The number of benzene rings is 1. The Hall–Kier alpha value is -0.940. The molecule has 0 bridgehead atoms.